The van der Waals surface area contributed by atoms with E-state index in [2.05, 4.69) is 5.32 Å². The Morgan fingerprint density at radius 1 is 1.32 bits per heavy atom. The summed E-state index contributed by atoms with van der Waals surface area (Å²) in [5, 5.41) is 22.5. The van der Waals surface area contributed by atoms with E-state index in [9.17, 15) is 10.2 Å². The highest BCUT2D eigenvalue weighted by Crippen LogP contribution is 2.27. The van der Waals surface area contributed by atoms with Crippen LogP contribution < -0.4 is 5.32 Å². The van der Waals surface area contributed by atoms with Gasteiger partial charge < -0.3 is 20.3 Å². The van der Waals surface area contributed by atoms with Gasteiger partial charge in [0.15, 0.2) is 0 Å². The van der Waals surface area contributed by atoms with Gasteiger partial charge >= 0.3 is 0 Å². The highest BCUT2D eigenvalue weighted by molar-refractivity contribution is 5.40. The van der Waals surface area contributed by atoms with Crippen molar-refractivity contribution in [2.24, 2.45) is 0 Å². The summed E-state index contributed by atoms with van der Waals surface area (Å²) in [4.78, 5) is 0. The van der Waals surface area contributed by atoms with Gasteiger partial charge in [-0.1, -0.05) is 12.8 Å². The second kappa shape index (κ2) is 6.78. The lowest BCUT2D eigenvalue weighted by atomic mass is 10.1. The molecular weight excluding hydrogens is 242 g/mol. The minimum Gasteiger partial charge on any atom is -0.508 e. The lowest BCUT2D eigenvalue weighted by Crippen LogP contribution is -2.25. The molecule has 1 atom stereocenters. The van der Waals surface area contributed by atoms with Crippen molar-refractivity contribution in [2.45, 2.75) is 44.8 Å². The van der Waals surface area contributed by atoms with E-state index in [1.807, 2.05) is 6.92 Å². The zero-order valence-electron chi connectivity index (χ0n) is 11.4. The molecule has 1 aromatic carbocycles. The maximum atomic E-state index is 9.75. The second-order valence-corrected chi connectivity index (χ2v) is 5.20. The molecule has 1 aromatic rings. The highest BCUT2D eigenvalue weighted by Gasteiger charge is 2.15. The summed E-state index contributed by atoms with van der Waals surface area (Å²) in [6.45, 7) is 3.39. The number of hydrogen-bond donors (Lipinski definition) is 3. The minimum atomic E-state index is -0.0146. The fourth-order valence-electron chi connectivity index (χ4n) is 2.55. The maximum Gasteiger partial charge on any atom is 0.120 e. The van der Waals surface area contributed by atoms with Crippen LogP contribution in [0.15, 0.2) is 18.2 Å². The summed E-state index contributed by atoms with van der Waals surface area (Å²) in [6.07, 6.45) is 5.37. The van der Waals surface area contributed by atoms with Crippen LogP contribution >= 0.6 is 0 Å². The first-order valence-electron chi connectivity index (χ1n) is 7.03. The van der Waals surface area contributed by atoms with Gasteiger partial charge in [0.1, 0.15) is 11.5 Å². The molecule has 3 N–H and O–H groups in total. The van der Waals surface area contributed by atoms with Crippen LogP contribution in [-0.4, -0.2) is 29.5 Å². The molecule has 0 aliphatic heterocycles. The summed E-state index contributed by atoms with van der Waals surface area (Å²) in [7, 11) is 0. The molecule has 19 heavy (non-hydrogen) atoms. The molecule has 1 saturated carbocycles. The van der Waals surface area contributed by atoms with Crippen LogP contribution in [0.1, 0.15) is 44.2 Å². The number of benzene rings is 1. The van der Waals surface area contributed by atoms with Gasteiger partial charge in [0.05, 0.1) is 12.7 Å². The Morgan fingerprint density at radius 3 is 2.79 bits per heavy atom. The van der Waals surface area contributed by atoms with Crippen molar-refractivity contribution >= 4 is 0 Å². The van der Waals surface area contributed by atoms with Crippen molar-refractivity contribution in [1.29, 1.82) is 0 Å². The van der Waals surface area contributed by atoms with Crippen LogP contribution in [-0.2, 0) is 4.74 Å². The summed E-state index contributed by atoms with van der Waals surface area (Å²) in [5.41, 5.74) is 0.709. The molecule has 0 bridgehead atoms. The van der Waals surface area contributed by atoms with E-state index < -0.39 is 0 Å². The van der Waals surface area contributed by atoms with Gasteiger partial charge in [0.2, 0.25) is 0 Å². The van der Waals surface area contributed by atoms with Crippen molar-refractivity contribution in [1.82, 2.24) is 5.32 Å². The predicted molar refractivity (Wildman–Crippen MR) is 74.4 cm³/mol. The van der Waals surface area contributed by atoms with E-state index in [-0.39, 0.29) is 17.5 Å². The summed E-state index contributed by atoms with van der Waals surface area (Å²) in [5.74, 6) is 0.373. The first-order valence-corrected chi connectivity index (χ1v) is 7.03. The third-order valence-corrected chi connectivity index (χ3v) is 3.69. The zero-order valence-corrected chi connectivity index (χ0v) is 11.4. The standard InChI is InChI=1S/C15H23NO3/c1-11(14-10-12(17)6-7-15(14)18)16-8-9-19-13-4-2-3-5-13/h6-7,10-11,13,16-18H,2-5,8-9H2,1H3. The molecule has 1 fully saturated rings. The Hall–Kier alpha value is -1.26. The van der Waals surface area contributed by atoms with E-state index in [0.29, 0.717) is 18.3 Å². The molecule has 1 unspecified atom stereocenters. The Balaban J connectivity index is 1.74. The Kier molecular flexibility index (Phi) is 5.05. The van der Waals surface area contributed by atoms with Gasteiger partial charge in [0.25, 0.3) is 0 Å². The SMILES string of the molecule is CC(NCCOC1CCCC1)c1cc(O)ccc1O. The van der Waals surface area contributed by atoms with E-state index in [0.717, 1.165) is 6.54 Å². The molecule has 0 saturated heterocycles. The molecule has 4 heteroatoms. The first kappa shape index (κ1) is 14.2. The van der Waals surface area contributed by atoms with Crippen molar-refractivity contribution < 1.29 is 14.9 Å². The van der Waals surface area contributed by atoms with Gasteiger partial charge in [-0.05, 0) is 38.0 Å². The van der Waals surface area contributed by atoms with Crippen molar-refractivity contribution in [3.8, 4) is 11.5 Å². The van der Waals surface area contributed by atoms with Crippen LogP contribution in [0.25, 0.3) is 0 Å². The van der Waals surface area contributed by atoms with Gasteiger partial charge in [-0.15, -0.1) is 0 Å². The fraction of sp³-hybridized carbons (Fsp3) is 0.600. The average molecular weight is 265 g/mol. The molecule has 0 amide bonds. The molecular formula is C15H23NO3. The van der Waals surface area contributed by atoms with Crippen LogP contribution in [0, 0.1) is 0 Å². The van der Waals surface area contributed by atoms with E-state index in [4.69, 9.17) is 4.74 Å². The Bertz CT molecular complexity index is 402. The van der Waals surface area contributed by atoms with E-state index in [1.165, 1.54) is 37.8 Å². The number of rotatable bonds is 6. The number of aromatic hydroxyl groups is 2. The number of phenols is 2. The van der Waals surface area contributed by atoms with Crippen LogP contribution in [0.4, 0.5) is 0 Å². The van der Waals surface area contributed by atoms with Crippen molar-refractivity contribution in [3.05, 3.63) is 23.8 Å². The average Bonchev–Trinajstić information content (AvgIpc) is 2.90. The molecule has 0 heterocycles. The number of nitrogens with one attached hydrogen (secondary N) is 1. The number of hydrogen-bond acceptors (Lipinski definition) is 4. The zero-order chi connectivity index (χ0) is 13.7. The molecule has 1 aliphatic carbocycles. The topological polar surface area (TPSA) is 61.7 Å². The molecule has 0 aromatic heterocycles. The van der Waals surface area contributed by atoms with Crippen molar-refractivity contribution in [2.75, 3.05) is 13.2 Å². The normalized spacial score (nSPS) is 17.7. The van der Waals surface area contributed by atoms with Gasteiger partial charge in [-0.25, -0.2) is 0 Å². The largest absolute Gasteiger partial charge is 0.508 e. The fourth-order valence-corrected chi connectivity index (χ4v) is 2.55. The van der Waals surface area contributed by atoms with Gasteiger partial charge in [-0.2, -0.15) is 0 Å². The Labute approximate surface area is 114 Å². The first-order chi connectivity index (χ1) is 9.16. The highest BCUT2D eigenvalue weighted by atomic mass is 16.5. The van der Waals surface area contributed by atoms with Crippen LogP contribution in [0.3, 0.4) is 0 Å². The molecule has 0 radical (unpaired) electrons. The third-order valence-electron chi connectivity index (χ3n) is 3.69. The lowest BCUT2D eigenvalue weighted by Gasteiger charge is -2.17. The Morgan fingerprint density at radius 2 is 2.05 bits per heavy atom. The summed E-state index contributed by atoms with van der Waals surface area (Å²) < 4.78 is 5.77. The quantitative estimate of drug-likeness (QED) is 0.546. The number of phenolic OH excluding ortho intramolecular Hbond substituents is 2. The van der Waals surface area contributed by atoms with Gasteiger partial charge in [0, 0.05) is 18.2 Å². The second-order valence-electron chi connectivity index (χ2n) is 5.20. The summed E-state index contributed by atoms with van der Waals surface area (Å²) >= 11 is 0. The molecule has 1 aliphatic rings. The van der Waals surface area contributed by atoms with E-state index in [1.54, 1.807) is 6.07 Å². The predicted octanol–water partition coefficient (Wildman–Crippen LogP) is 2.71. The van der Waals surface area contributed by atoms with Crippen LogP contribution in [0.2, 0.25) is 0 Å². The van der Waals surface area contributed by atoms with Crippen LogP contribution in [0.5, 0.6) is 11.5 Å². The molecule has 0 spiro atoms. The molecule has 2 rings (SSSR count). The number of ether oxygens (including phenoxy) is 1. The minimum absolute atomic E-state index is 0.0146. The van der Waals surface area contributed by atoms with Gasteiger partial charge in [-0.3, -0.25) is 0 Å². The van der Waals surface area contributed by atoms with E-state index >= 15 is 0 Å². The lowest BCUT2D eigenvalue weighted by molar-refractivity contribution is 0.0593. The monoisotopic (exact) mass is 265 g/mol. The maximum absolute atomic E-state index is 9.75. The third kappa shape index (κ3) is 4.11. The molecule has 106 valence electrons. The summed E-state index contributed by atoms with van der Waals surface area (Å²) in [6, 6.07) is 4.57. The van der Waals surface area contributed by atoms with Crippen molar-refractivity contribution in [3.63, 3.8) is 0 Å². The molecule has 4 nitrogen and oxygen atoms in total. The smallest absolute Gasteiger partial charge is 0.120 e.